The Bertz CT molecular complexity index is 468. The number of nitrogens with zero attached hydrogens (tertiary/aromatic N) is 4. The topological polar surface area (TPSA) is 61.7 Å². The first kappa shape index (κ1) is 10.9. The van der Waals surface area contributed by atoms with Crippen molar-refractivity contribution in [3.05, 3.63) is 35.7 Å². The fourth-order valence-corrected chi connectivity index (χ4v) is 1.75. The lowest BCUT2D eigenvalue weighted by molar-refractivity contribution is 0.575. The maximum Gasteiger partial charge on any atom is 0.110 e. The highest BCUT2D eigenvalue weighted by Crippen LogP contribution is 2.07. The lowest BCUT2D eigenvalue weighted by Crippen LogP contribution is -2.09. The smallest absolute Gasteiger partial charge is 0.110 e. The molecule has 5 nitrogen and oxygen atoms in total. The van der Waals surface area contributed by atoms with Crippen LogP contribution in [0.2, 0.25) is 0 Å². The first-order valence-electron chi connectivity index (χ1n) is 5.40. The van der Waals surface area contributed by atoms with E-state index in [2.05, 4.69) is 10.1 Å². The Morgan fingerprint density at radius 3 is 2.81 bits per heavy atom. The average molecular weight is 219 g/mol. The van der Waals surface area contributed by atoms with Crippen LogP contribution >= 0.6 is 0 Å². The zero-order chi connectivity index (χ0) is 11.5. The van der Waals surface area contributed by atoms with E-state index in [-0.39, 0.29) is 0 Å². The van der Waals surface area contributed by atoms with Crippen molar-refractivity contribution in [2.75, 3.05) is 0 Å². The Morgan fingerprint density at radius 2 is 2.25 bits per heavy atom. The van der Waals surface area contributed by atoms with Crippen molar-refractivity contribution in [3.8, 4) is 0 Å². The van der Waals surface area contributed by atoms with Crippen LogP contribution in [0.4, 0.5) is 0 Å². The van der Waals surface area contributed by atoms with Gasteiger partial charge in [0.1, 0.15) is 5.82 Å². The molecule has 16 heavy (non-hydrogen) atoms. The van der Waals surface area contributed by atoms with Crippen LogP contribution in [-0.2, 0) is 26.6 Å². The summed E-state index contributed by atoms with van der Waals surface area (Å²) in [6.07, 6.45) is 6.50. The molecular weight excluding hydrogens is 202 g/mol. The van der Waals surface area contributed by atoms with E-state index in [1.165, 1.54) is 0 Å². The molecule has 2 heterocycles. The predicted octanol–water partition coefficient (Wildman–Crippen LogP) is 0.626. The van der Waals surface area contributed by atoms with Crippen LogP contribution in [-0.4, -0.2) is 19.3 Å². The molecule has 86 valence electrons. The number of hydrogen-bond donors (Lipinski definition) is 1. The van der Waals surface area contributed by atoms with Crippen molar-refractivity contribution < 1.29 is 0 Å². The molecule has 0 amide bonds. The fourth-order valence-electron chi connectivity index (χ4n) is 1.75. The minimum Gasteiger partial charge on any atom is -0.338 e. The monoisotopic (exact) mass is 219 g/mol. The second-order valence-electron chi connectivity index (χ2n) is 3.89. The highest BCUT2D eigenvalue weighted by molar-refractivity contribution is 5.15. The van der Waals surface area contributed by atoms with Crippen LogP contribution in [0.25, 0.3) is 0 Å². The molecule has 2 aromatic heterocycles. The molecule has 2 rings (SSSR count). The zero-order valence-electron chi connectivity index (χ0n) is 9.72. The second kappa shape index (κ2) is 4.49. The van der Waals surface area contributed by atoms with Crippen LogP contribution in [0.1, 0.15) is 17.1 Å². The van der Waals surface area contributed by atoms with E-state index < -0.39 is 0 Å². The zero-order valence-corrected chi connectivity index (χ0v) is 9.72. The maximum atomic E-state index is 5.61. The van der Waals surface area contributed by atoms with E-state index in [4.69, 9.17) is 5.73 Å². The molecule has 0 radical (unpaired) electrons. The molecule has 0 unspecified atom stereocenters. The van der Waals surface area contributed by atoms with Crippen molar-refractivity contribution >= 4 is 0 Å². The molecule has 0 atom stereocenters. The van der Waals surface area contributed by atoms with Crippen LogP contribution in [0.3, 0.4) is 0 Å². The van der Waals surface area contributed by atoms with Gasteiger partial charge in [-0.3, -0.25) is 4.68 Å². The number of nitrogens with two attached hydrogens (primary N) is 1. The lowest BCUT2D eigenvalue weighted by Gasteiger charge is -2.05. The number of imidazole rings is 1. The van der Waals surface area contributed by atoms with Crippen LogP contribution in [0, 0.1) is 6.92 Å². The van der Waals surface area contributed by atoms with Crippen molar-refractivity contribution in [3.63, 3.8) is 0 Å². The van der Waals surface area contributed by atoms with Gasteiger partial charge in [0.15, 0.2) is 0 Å². The number of rotatable bonds is 4. The van der Waals surface area contributed by atoms with Gasteiger partial charge in [0, 0.05) is 50.2 Å². The SMILES string of the molecule is Cc1c(CN)cnn1CCc1nccn1C. The highest BCUT2D eigenvalue weighted by Gasteiger charge is 2.06. The molecule has 0 saturated carbocycles. The number of hydrogen-bond acceptors (Lipinski definition) is 3. The molecule has 0 fully saturated rings. The molecule has 2 N–H and O–H groups in total. The lowest BCUT2D eigenvalue weighted by atomic mass is 10.2. The van der Waals surface area contributed by atoms with Gasteiger partial charge in [-0.15, -0.1) is 0 Å². The third kappa shape index (κ3) is 1.99. The van der Waals surface area contributed by atoms with E-state index >= 15 is 0 Å². The summed E-state index contributed by atoms with van der Waals surface area (Å²) in [6, 6.07) is 0. The Hall–Kier alpha value is -1.62. The van der Waals surface area contributed by atoms with Crippen LogP contribution in [0.15, 0.2) is 18.6 Å². The largest absolute Gasteiger partial charge is 0.338 e. The van der Waals surface area contributed by atoms with Gasteiger partial charge < -0.3 is 10.3 Å². The summed E-state index contributed by atoms with van der Waals surface area (Å²) < 4.78 is 4.01. The third-order valence-corrected chi connectivity index (χ3v) is 2.89. The van der Waals surface area contributed by atoms with E-state index in [0.717, 1.165) is 30.0 Å². The first-order valence-corrected chi connectivity index (χ1v) is 5.40. The Labute approximate surface area is 94.9 Å². The van der Waals surface area contributed by atoms with E-state index in [1.54, 1.807) is 0 Å². The van der Waals surface area contributed by atoms with E-state index in [0.29, 0.717) is 6.54 Å². The van der Waals surface area contributed by atoms with Gasteiger partial charge in [-0.05, 0) is 6.92 Å². The summed E-state index contributed by atoms with van der Waals surface area (Å²) in [5, 5.41) is 4.32. The average Bonchev–Trinajstić information content (AvgIpc) is 2.83. The molecule has 0 aliphatic heterocycles. The fraction of sp³-hybridized carbons (Fsp3) is 0.455. The second-order valence-corrected chi connectivity index (χ2v) is 3.89. The van der Waals surface area contributed by atoms with E-state index in [9.17, 15) is 0 Å². The summed E-state index contributed by atoms with van der Waals surface area (Å²) in [5.74, 6) is 1.07. The van der Waals surface area contributed by atoms with Crippen LogP contribution < -0.4 is 5.73 Å². The van der Waals surface area contributed by atoms with Gasteiger partial charge in [-0.25, -0.2) is 4.98 Å². The molecule has 0 saturated heterocycles. The summed E-state index contributed by atoms with van der Waals surface area (Å²) in [6.45, 7) is 3.44. The minimum absolute atomic E-state index is 0.550. The molecule has 0 spiro atoms. The Kier molecular flexibility index (Phi) is 3.05. The van der Waals surface area contributed by atoms with Crippen molar-refractivity contribution in [2.45, 2.75) is 26.4 Å². The molecule has 0 aromatic carbocycles. The van der Waals surface area contributed by atoms with Gasteiger partial charge >= 0.3 is 0 Å². The molecule has 0 aliphatic rings. The van der Waals surface area contributed by atoms with E-state index in [1.807, 2.05) is 41.8 Å². The first-order chi connectivity index (χ1) is 7.72. The van der Waals surface area contributed by atoms with Crippen molar-refractivity contribution in [2.24, 2.45) is 12.8 Å². The molecule has 0 aliphatic carbocycles. The van der Waals surface area contributed by atoms with Gasteiger partial charge in [0.05, 0.1) is 6.20 Å². The quantitative estimate of drug-likeness (QED) is 0.820. The van der Waals surface area contributed by atoms with Crippen molar-refractivity contribution in [1.29, 1.82) is 0 Å². The summed E-state index contributed by atoms with van der Waals surface area (Å²) in [7, 11) is 2.00. The van der Waals surface area contributed by atoms with Gasteiger partial charge in [-0.1, -0.05) is 0 Å². The van der Waals surface area contributed by atoms with Gasteiger partial charge in [-0.2, -0.15) is 5.10 Å². The number of aromatic nitrogens is 4. The molecular formula is C11H17N5. The Morgan fingerprint density at radius 1 is 1.44 bits per heavy atom. The van der Waals surface area contributed by atoms with Crippen LogP contribution in [0.5, 0.6) is 0 Å². The standard InChI is InChI=1S/C11H17N5/c1-9-10(7-12)8-14-16(9)5-3-11-13-4-6-15(11)2/h4,6,8H,3,5,7,12H2,1-2H3. The summed E-state index contributed by atoms with van der Waals surface area (Å²) in [5.41, 5.74) is 7.87. The maximum absolute atomic E-state index is 5.61. The summed E-state index contributed by atoms with van der Waals surface area (Å²) in [4.78, 5) is 4.28. The third-order valence-electron chi connectivity index (χ3n) is 2.89. The normalized spacial score (nSPS) is 10.9. The highest BCUT2D eigenvalue weighted by atomic mass is 15.3. The minimum atomic E-state index is 0.550. The molecule has 0 bridgehead atoms. The Balaban J connectivity index is 2.05. The molecule has 5 heteroatoms. The van der Waals surface area contributed by atoms with Gasteiger partial charge in [0.25, 0.3) is 0 Å². The predicted molar refractivity (Wildman–Crippen MR) is 61.8 cm³/mol. The molecule has 2 aromatic rings. The number of aryl methyl sites for hydroxylation is 3. The van der Waals surface area contributed by atoms with Crippen molar-refractivity contribution in [1.82, 2.24) is 19.3 Å². The summed E-state index contributed by atoms with van der Waals surface area (Å²) >= 11 is 0. The van der Waals surface area contributed by atoms with Gasteiger partial charge in [0.2, 0.25) is 0 Å².